The predicted octanol–water partition coefficient (Wildman–Crippen LogP) is 1.77. The summed E-state index contributed by atoms with van der Waals surface area (Å²) in [6.45, 7) is 1.35. The van der Waals surface area contributed by atoms with Gasteiger partial charge in [0.15, 0.2) is 6.10 Å². The van der Waals surface area contributed by atoms with Gasteiger partial charge < -0.3 is 10.1 Å². The Kier molecular flexibility index (Phi) is 6.07. The second-order valence-corrected chi connectivity index (χ2v) is 7.01. The molecule has 1 heterocycles. The molecule has 0 aromatic heterocycles. The number of carbonyl (C=O) groups excluding carboxylic acids is 4. The summed E-state index contributed by atoms with van der Waals surface area (Å²) in [5.41, 5.74) is 0.619. The van der Waals surface area contributed by atoms with Crippen LogP contribution in [0.5, 0.6) is 0 Å². The number of rotatable bonds is 6. The fraction of sp³-hybridized carbons (Fsp3) is 0.381. The Balaban J connectivity index is 1.50. The average molecular weight is 395 g/mol. The van der Waals surface area contributed by atoms with Crippen molar-refractivity contribution in [3.05, 3.63) is 42.0 Å². The molecule has 1 saturated heterocycles. The number of para-hydroxylation sites is 1. The molecule has 1 aromatic carbocycles. The maximum absolute atomic E-state index is 12.4. The lowest BCUT2D eigenvalue weighted by Gasteiger charge is -2.16. The summed E-state index contributed by atoms with van der Waals surface area (Å²) in [6, 6.07) is 8.44. The van der Waals surface area contributed by atoms with E-state index >= 15 is 0 Å². The number of likely N-dealkylation sites (tertiary alicyclic amines) is 1. The van der Waals surface area contributed by atoms with Crippen molar-refractivity contribution < 1.29 is 23.9 Å². The number of hydrogen-bond donors (Lipinski definition) is 1. The largest absolute Gasteiger partial charge is 0.452 e. The van der Waals surface area contributed by atoms with Gasteiger partial charge in [0, 0.05) is 6.54 Å². The molecule has 0 bridgehead atoms. The van der Waals surface area contributed by atoms with Crippen molar-refractivity contribution in [1.29, 1.82) is 5.26 Å². The van der Waals surface area contributed by atoms with E-state index in [9.17, 15) is 19.2 Å². The van der Waals surface area contributed by atoms with E-state index in [2.05, 4.69) is 5.32 Å². The molecule has 3 amide bonds. The van der Waals surface area contributed by atoms with Crippen LogP contribution in [0.4, 0.5) is 5.69 Å². The van der Waals surface area contributed by atoms with Crippen molar-refractivity contribution in [1.82, 2.24) is 4.90 Å². The fourth-order valence-corrected chi connectivity index (χ4v) is 3.53. The smallest absolute Gasteiger partial charge is 0.308 e. The van der Waals surface area contributed by atoms with Crippen molar-refractivity contribution >= 4 is 29.4 Å². The Hall–Kier alpha value is -3.47. The fourth-order valence-electron chi connectivity index (χ4n) is 3.53. The molecule has 150 valence electrons. The van der Waals surface area contributed by atoms with Crippen LogP contribution in [0, 0.1) is 23.2 Å². The Morgan fingerprint density at radius 3 is 2.45 bits per heavy atom. The molecule has 8 heteroatoms. The third-order valence-electron chi connectivity index (χ3n) is 5.12. The number of allylic oxidation sites excluding steroid dienone is 2. The van der Waals surface area contributed by atoms with E-state index < -0.39 is 18.0 Å². The Morgan fingerprint density at radius 1 is 1.21 bits per heavy atom. The summed E-state index contributed by atoms with van der Waals surface area (Å²) < 4.78 is 5.11. The number of imide groups is 1. The second kappa shape index (κ2) is 8.69. The first-order valence-corrected chi connectivity index (χ1v) is 9.42. The van der Waals surface area contributed by atoms with Crippen molar-refractivity contribution in [2.75, 3.05) is 11.9 Å². The first kappa shape index (κ1) is 20.3. The lowest BCUT2D eigenvalue weighted by Crippen LogP contribution is -2.35. The van der Waals surface area contributed by atoms with Crippen LogP contribution in [0.3, 0.4) is 0 Å². The van der Waals surface area contributed by atoms with Crippen LogP contribution >= 0.6 is 0 Å². The van der Waals surface area contributed by atoms with Crippen LogP contribution in [0.15, 0.2) is 36.4 Å². The highest BCUT2D eigenvalue weighted by atomic mass is 16.5. The number of carbonyl (C=O) groups is 4. The summed E-state index contributed by atoms with van der Waals surface area (Å²) >= 11 is 0. The number of benzene rings is 1. The van der Waals surface area contributed by atoms with Gasteiger partial charge in [-0.15, -0.1) is 0 Å². The minimum Gasteiger partial charge on any atom is -0.452 e. The lowest BCUT2D eigenvalue weighted by atomic mass is 9.85. The standard InChI is InChI=1S/C21H21N3O5/c1-13(19(26)23-17-9-5-2-6-14(17)12-22)29-18(25)10-11-24-20(27)15-7-3-4-8-16(15)21(24)28/h2-6,9,13,15-16H,7-8,10-11H2,1H3,(H,23,26)/t13-,15-,16+/m1/s1. The van der Waals surface area contributed by atoms with Crippen molar-refractivity contribution in [2.45, 2.75) is 32.3 Å². The molecule has 1 aromatic rings. The number of fused-ring (bicyclic) bond motifs is 1. The van der Waals surface area contributed by atoms with Crippen molar-refractivity contribution in [3.63, 3.8) is 0 Å². The van der Waals surface area contributed by atoms with Crippen LogP contribution in [-0.2, 0) is 23.9 Å². The van der Waals surface area contributed by atoms with E-state index in [0.717, 1.165) is 4.90 Å². The zero-order valence-corrected chi connectivity index (χ0v) is 16.0. The molecule has 1 fully saturated rings. The number of nitriles is 1. The summed E-state index contributed by atoms with van der Waals surface area (Å²) in [4.78, 5) is 50.2. The molecule has 1 aliphatic carbocycles. The summed E-state index contributed by atoms with van der Waals surface area (Å²) in [7, 11) is 0. The molecule has 3 rings (SSSR count). The first-order valence-electron chi connectivity index (χ1n) is 9.42. The Morgan fingerprint density at radius 2 is 1.83 bits per heavy atom. The number of nitrogens with one attached hydrogen (secondary N) is 1. The second-order valence-electron chi connectivity index (χ2n) is 7.01. The van der Waals surface area contributed by atoms with Gasteiger partial charge in [-0.1, -0.05) is 24.3 Å². The minimum atomic E-state index is -1.09. The van der Waals surface area contributed by atoms with E-state index in [4.69, 9.17) is 10.00 Å². The maximum Gasteiger partial charge on any atom is 0.308 e. The monoisotopic (exact) mass is 395 g/mol. The minimum absolute atomic E-state index is 0.0604. The van der Waals surface area contributed by atoms with Crippen LogP contribution < -0.4 is 5.32 Å². The maximum atomic E-state index is 12.4. The third kappa shape index (κ3) is 4.35. The highest BCUT2D eigenvalue weighted by molar-refractivity contribution is 6.05. The van der Waals surface area contributed by atoms with Crippen LogP contribution in [0.25, 0.3) is 0 Å². The molecular weight excluding hydrogens is 374 g/mol. The van der Waals surface area contributed by atoms with Crippen LogP contribution in [0.2, 0.25) is 0 Å². The van der Waals surface area contributed by atoms with E-state index in [1.54, 1.807) is 24.3 Å². The Labute approximate surface area is 168 Å². The van der Waals surface area contributed by atoms with E-state index in [0.29, 0.717) is 24.1 Å². The molecule has 0 saturated carbocycles. The van der Waals surface area contributed by atoms with E-state index in [-0.39, 0.29) is 36.6 Å². The van der Waals surface area contributed by atoms with Gasteiger partial charge >= 0.3 is 5.97 Å². The van der Waals surface area contributed by atoms with Gasteiger partial charge in [-0.05, 0) is 31.9 Å². The normalized spacial score (nSPS) is 21.3. The van der Waals surface area contributed by atoms with E-state index in [1.807, 2.05) is 18.2 Å². The molecular formula is C21H21N3O5. The van der Waals surface area contributed by atoms with Gasteiger partial charge in [-0.3, -0.25) is 24.1 Å². The molecule has 0 spiro atoms. The summed E-state index contributed by atoms with van der Waals surface area (Å²) in [5.74, 6) is -2.45. The zero-order valence-electron chi connectivity index (χ0n) is 16.0. The van der Waals surface area contributed by atoms with Gasteiger partial charge in [0.1, 0.15) is 6.07 Å². The topological polar surface area (TPSA) is 117 Å². The molecule has 2 aliphatic rings. The predicted molar refractivity (Wildman–Crippen MR) is 102 cm³/mol. The highest BCUT2D eigenvalue weighted by Crippen LogP contribution is 2.35. The number of esters is 1. The summed E-state index contributed by atoms with van der Waals surface area (Å²) in [5, 5.41) is 11.6. The van der Waals surface area contributed by atoms with Crippen molar-refractivity contribution in [2.24, 2.45) is 11.8 Å². The van der Waals surface area contributed by atoms with Gasteiger partial charge in [-0.25, -0.2) is 0 Å². The quantitative estimate of drug-likeness (QED) is 0.446. The molecule has 1 N–H and O–H groups in total. The number of nitrogens with zero attached hydrogens (tertiary/aromatic N) is 2. The van der Waals surface area contributed by atoms with Crippen LogP contribution in [-0.4, -0.2) is 41.2 Å². The lowest BCUT2D eigenvalue weighted by molar-refractivity contribution is -0.154. The molecule has 0 radical (unpaired) electrons. The zero-order chi connectivity index (χ0) is 21.0. The third-order valence-corrected chi connectivity index (χ3v) is 5.12. The molecule has 0 unspecified atom stereocenters. The van der Waals surface area contributed by atoms with Crippen LogP contribution in [0.1, 0.15) is 31.7 Å². The highest BCUT2D eigenvalue weighted by Gasteiger charge is 2.47. The number of anilines is 1. The number of ether oxygens (including phenoxy) is 1. The number of amides is 3. The van der Waals surface area contributed by atoms with Gasteiger partial charge in [0.05, 0.1) is 29.5 Å². The first-order chi connectivity index (χ1) is 13.9. The SMILES string of the molecule is C[C@@H](OC(=O)CCN1C(=O)[C@H]2CC=CC[C@H]2C1=O)C(=O)Nc1ccccc1C#N. The molecule has 8 nitrogen and oxygen atoms in total. The molecule has 1 aliphatic heterocycles. The van der Waals surface area contributed by atoms with Gasteiger partial charge in [0.25, 0.3) is 5.91 Å². The summed E-state index contributed by atoms with van der Waals surface area (Å²) in [6.07, 6.45) is 3.60. The van der Waals surface area contributed by atoms with Gasteiger partial charge in [-0.2, -0.15) is 5.26 Å². The number of hydrogen-bond acceptors (Lipinski definition) is 6. The van der Waals surface area contributed by atoms with Crippen molar-refractivity contribution in [3.8, 4) is 6.07 Å². The average Bonchev–Trinajstić information content (AvgIpc) is 2.97. The van der Waals surface area contributed by atoms with Gasteiger partial charge in [0.2, 0.25) is 11.8 Å². The molecule has 29 heavy (non-hydrogen) atoms. The van der Waals surface area contributed by atoms with E-state index in [1.165, 1.54) is 6.92 Å². The molecule has 3 atom stereocenters. The Bertz CT molecular complexity index is 891.